The van der Waals surface area contributed by atoms with Crippen molar-refractivity contribution >= 4 is 17.5 Å². The summed E-state index contributed by atoms with van der Waals surface area (Å²) in [7, 11) is 0. The van der Waals surface area contributed by atoms with E-state index in [2.05, 4.69) is 19.2 Å². The van der Waals surface area contributed by atoms with Gasteiger partial charge < -0.3 is 5.32 Å². The third kappa shape index (κ3) is 10.1. The van der Waals surface area contributed by atoms with E-state index in [4.69, 9.17) is 11.6 Å². The molecule has 0 fully saturated rings. The van der Waals surface area contributed by atoms with Crippen molar-refractivity contribution in [2.45, 2.75) is 52.4 Å². The Bertz CT molecular complexity index is 162. The number of alkyl halides is 1. The van der Waals surface area contributed by atoms with E-state index in [0.717, 1.165) is 19.4 Å². The predicted octanol–water partition coefficient (Wildman–Crippen LogP) is 3.34. The number of hydrogen-bond acceptors (Lipinski definition) is 1. The van der Waals surface area contributed by atoms with Crippen LogP contribution in [0.5, 0.6) is 0 Å². The first kappa shape index (κ1) is 14.8. The summed E-state index contributed by atoms with van der Waals surface area (Å²) in [5.74, 6) is 1.35. The topological polar surface area (TPSA) is 29.1 Å². The van der Waals surface area contributed by atoms with E-state index in [0.29, 0.717) is 18.2 Å². The van der Waals surface area contributed by atoms with Crippen molar-refractivity contribution in [1.82, 2.24) is 5.32 Å². The first-order chi connectivity index (χ1) is 7.20. The molecule has 2 nitrogen and oxygen atoms in total. The fourth-order valence-corrected chi connectivity index (χ4v) is 1.75. The largest absolute Gasteiger partial charge is 0.356 e. The zero-order valence-electron chi connectivity index (χ0n) is 10.0. The number of unbranched alkanes of at least 4 members (excludes halogenated alkanes) is 3. The molecule has 0 aliphatic rings. The molecular formula is C12H24ClNO. The summed E-state index contributed by atoms with van der Waals surface area (Å²) in [6.07, 6.45) is 6.28. The van der Waals surface area contributed by atoms with Gasteiger partial charge in [-0.3, -0.25) is 4.79 Å². The Kier molecular flexibility index (Phi) is 10.1. The molecule has 1 N–H and O–H groups in total. The highest BCUT2D eigenvalue weighted by Crippen LogP contribution is 2.04. The van der Waals surface area contributed by atoms with Gasteiger partial charge in [0, 0.05) is 18.8 Å². The lowest BCUT2D eigenvalue weighted by Crippen LogP contribution is -2.28. The lowest BCUT2D eigenvalue weighted by Gasteiger charge is -2.10. The second-order valence-corrected chi connectivity index (χ2v) is 4.58. The minimum absolute atomic E-state index is 0.188. The Morgan fingerprint density at radius 1 is 1.33 bits per heavy atom. The van der Waals surface area contributed by atoms with Gasteiger partial charge in [-0.15, -0.1) is 11.6 Å². The van der Waals surface area contributed by atoms with Crippen molar-refractivity contribution in [3.63, 3.8) is 0 Å². The van der Waals surface area contributed by atoms with Crippen LogP contribution in [0.2, 0.25) is 0 Å². The predicted molar refractivity (Wildman–Crippen MR) is 66.3 cm³/mol. The van der Waals surface area contributed by atoms with E-state index >= 15 is 0 Å². The number of rotatable bonds is 9. The fraction of sp³-hybridized carbons (Fsp3) is 0.917. The quantitative estimate of drug-likeness (QED) is 0.480. The van der Waals surface area contributed by atoms with Gasteiger partial charge in [0.1, 0.15) is 0 Å². The zero-order chi connectivity index (χ0) is 11.5. The van der Waals surface area contributed by atoms with Crippen LogP contribution in [0.1, 0.15) is 52.4 Å². The lowest BCUT2D eigenvalue weighted by molar-refractivity contribution is -0.121. The second-order valence-electron chi connectivity index (χ2n) is 4.20. The van der Waals surface area contributed by atoms with Crippen LogP contribution < -0.4 is 5.32 Å². The molecule has 0 spiro atoms. The van der Waals surface area contributed by atoms with E-state index in [1.54, 1.807) is 0 Å². The molecule has 0 aromatic rings. The SMILES string of the molecule is CCCCCCC(=O)NCC(C)CCCl. The van der Waals surface area contributed by atoms with E-state index in [-0.39, 0.29) is 5.91 Å². The highest BCUT2D eigenvalue weighted by atomic mass is 35.5. The van der Waals surface area contributed by atoms with E-state index in [1.807, 2.05) is 0 Å². The van der Waals surface area contributed by atoms with E-state index in [9.17, 15) is 4.79 Å². The fourth-order valence-electron chi connectivity index (χ4n) is 1.38. The molecule has 0 heterocycles. The minimum Gasteiger partial charge on any atom is -0.356 e. The van der Waals surface area contributed by atoms with Crippen molar-refractivity contribution in [3.05, 3.63) is 0 Å². The van der Waals surface area contributed by atoms with Gasteiger partial charge in [0.2, 0.25) is 5.91 Å². The smallest absolute Gasteiger partial charge is 0.220 e. The molecular weight excluding hydrogens is 210 g/mol. The van der Waals surface area contributed by atoms with Crippen LogP contribution in [0.15, 0.2) is 0 Å². The second kappa shape index (κ2) is 10.3. The monoisotopic (exact) mass is 233 g/mol. The van der Waals surface area contributed by atoms with Crippen LogP contribution in [-0.2, 0) is 4.79 Å². The third-order valence-corrected chi connectivity index (χ3v) is 2.73. The van der Waals surface area contributed by atoms with Crippen molar-refractivity contribution < 1.29 is 4.79 Å². The average molecular weight is 234 g/mol. The molecule has 90 valence electrons. The highest BCUT2D eigenvalue weighted by Gasteiger charge is 2.04. The Morgan fingerprint density at radius 2 is 2.07 bits per heavy atom. The first-order valence-electron chi connectivity index (χ1n) is 6.03. The van der Waals surface area contributed by atoms with Crippen LogP contribution >= 0.6 is 11.6 Å². The third-order valence-electron chi connectivity index (χ3n) is 2.51. The Hall–Kier alpha value is -0.240. The van der Waals surface area contributed by atoms with Crippen molar-refractivity contribution in [2.24, 2.45) is 5.92 Å². The summed E-state index contributed by atoms with van der Waals surface area (Å²) in [6, 6.07) is 0. The Morgan fingerprint density at radius 3 is 2.67 bits per heavy atom. The van der Waals surface area contributed by atoms with Gasteiger partial charge in [0.05, 0.1) is 0 Å². The number of nitrogens with one attached hydrogen (secondary N) is 1. The molecule has 0 bridgehead atoms. The Labute approximate surface area is 98.8 Å². The number of amides is 1. The maximum Gasteiger partial charge on any atom is 0.220 e. The molecule has 0 aromatic carbocycles. The number of carbonyl (C=O) groups excluding carboxylic acids is 1. The van der Waals surface area contributed by atoms with Gasteiger partial charge in [-0.05, 0) is 18.8 Å². The number of halogens is 1. The van der Waals surface area contributed by atoms with Crippen molar-refractivity contribution in [1.29, 1.82) is 0 Å². The maximum atomic E-state index is 11.4. The summed E-state index contributed by atoms with van der Waals surface area (Å²) in [5.41, 5.74) is 0. The van der Waals surface area contributed by atoms with E-state index in [1.165, 1.54) is 19.3 Å². The van der Waals surface area contributed by atoms with Gasteiger partial charge in [-0.2, -0.15) is 0 Å². The molecule has 1 atom stereocenters. The van der Waals surface area contributed by atoms with Crippen molar-refractivity contribution in [2.75, 3.05) is 12.4 Å². The summed E-state index contributed by atoms with van der Waals surface area (Å²) >= 11 is 5.62. The minimum atomic E-state index is 0.188. The maximum absolute atomic E-state index is 11.4. The normalized spacial score (nSPS) is 12.5. The molecule has 0 aliphatic carbocycles. The summed E-state index contributed by atoms with van der Waals surface area (Å²) in [4.78, 5) is 11.4. The molecule has 0 radical (unpaired) electrons. The summed E-state index contributed by atoms with van der Waals surface area (Å²) in [5, 5.41) is 2.95. The van der Waals surface area contributed by atoms with Crippen LogP contribution in [-0.4, -0.2) is 18.3 Å². The highest BCUT2D eigenvalue weighted by molar-refractivity contribution is 6.17. The standard InChI is InChI=1S/C12H24ClNO/c1-3-4-5-6-7-12(15)14-10-11(2)8-9-13/h11H,3-10H2,1-2H3,(H,14,15). The Balaban J connectivity index is 3.32. The van der Waals surface area contributed by atoms with Gasteiger partial charge in [0.15, 0.2) is 0 Å². The van der Waals surface area contributed by atoms with Crippen molar-refractivity contribution in [3.8, 4) is 0 Å². The summed E-state index contributed by atoms with van der Waals surface area (Å²) < 4.78 is 0. The molecule has 15 heavy (non-hydrogen) atoms. The first-order valence-corrected chi connectivity index (χ1v) is 6.56. The average Bonchev–Trinajstić information content (AvgIpc) is 2.22. The number of carbonyl (C=O) groups is 1. The molecule has 0 saturated heterocycles. The van der Waals surface area contributed by atoms with Gasteiger partial charge in [-0.1, -0.05) is 33.1 Å². The lowest BCUT2D eigenvalue weighted by atomic mass is 10.1. The molecule has 0 saturated carbocycles. The van der Waals surface area contributed by atoms with Crippen LogP contribution in [0.3, 0.4) is 0 Å². The molecule has 0 rings (SSSR count). The molecule has 3 heteroatoms. The van der Waals surface area contributed by atoms with Gasteiger partial charge in [-0.25, -0.2) is 0 Å². The van der Waals surface area contributed by atoms with Crippen LogP contribution in [0.25, 0.3) is 0 Å². The molecule has 0 aromatic heterocycles. The summed E-state index contributed by atoms with van der Waals surface area (Å²) in [6.45, 7) is 5.05. The van der Waals surface area contributed by atoms with Crippen LogP contribution in [0.4, 0.5) is 0 Å². The molecule has 1 unspecified atom stereocenters. The zero-order valence-corrected chi connectivity index (χ0v) is 10.8. The number of hydrogen-bond donors (Lipinski definition) is 1. The van der Waals surface area contributed by atoms with Gasteiger partial charge >= 0.3 is 0 Å². The molecule has 1 amide bonds. The molecule has 0 aliphatic heterocycles. The van der Waals surface area contributed by atoms with Gasteiger partial charge in [0.25, 0.3) is 0 Å². The van der Waals surface area contributed by atoms with Crippen LogP contribution in [0, 0.1) is 5.92 Å². The van der Waals surface area contributed by atoms with E-state index < -0.39 is 0 Å².